The summed E-state index contributed by atoms with van der Waals surface area (Å²) in [6.07, 6.45) is 6.38. The van der Waals surface area contributed by atoms with E-state index in [9.17, 15) is 0 Å². The molecule has 11 heavy (non-hydrogen) atoms. The van der Waals surface area contributed by atoms with Crippen LogP contribution in [0.5, 0.6) is 5.75 Å². The van der Waals surface area contributed by atoms with Crippen LogP contribution in [0.4, 0.5) is 0 Å². The van der Waals surface area contributed by atoms with Gasteiger partial charge in [0.1, 0.15) is 0 Å². The highest BCUT2D eigenvalue weighted by atomic mass is 79.9. The first-order valence-electron chi connectivity index (χ1n) is 3.06. The normalized spacial score (nSPS) is 10.6. The molecule has 1 rings (SSSR count). The predicted molar refractivity (Wildman–Crippen MR) is 46.5 cm³/mol. The Labute approximate surface area is 72.9 Å². The molecule has 0 bridgehead atoms. The van der Waals surface area contributed by atoms with Crippen LogP contribution in [0.25, 0.3) is 6.08 Å². The smallest absolute Gasteiger partial charge is 0.152 e. The van der Waals surface area contributed by atoms with Gasteiger partial charge in [0.05, 0.1) is 12.4 Å². The van der Waals surface area contributed by atoms with Crippen LogP contribution in [0.1, 0.15) is 5.82 Å². The predicted octanol–water partition coefficient (Wildman–Crippen LogP) is 1.59. The third-order valence-corrected chi connectivity index (χ3v) is 1.39. The Morgan fingerprint density at radius 1 is 1.45 bits per heavy atom. The fraction of sp³-hybridized carbons (Fsp3) is 0.143. The number of nitrogens with zero attached hydrogens (tertiary/aromatic N) is 2. The molecule has 4 heteroatoms. The molecule has 3 nitrogen and oxygen atoms in total. The quantitative estimate of drug-likeness (QED) is 0.762. The zero-order chi connectivity index (χ0) is 8.10. The van der Waals surface area contributed by atoms with Gasteiger partial charge in [-0.1, -0.05) is 22.0 Å². The Kier molecular flexibility index (Phi) is 3.04. The van der Waals surface area contributed by atoms with E-state index in [1.807, 2.05) is 6.08 Å². The van der Waals surface area contributed by atoms with E-state index >= 15 is 0 Å². The van der Waals surface area contributed by atoms with Gasteiger partial charge in [-0.15, -0.1) is 0 Å². The monoisotopic (exact) mass is 214 g/mol. The van der Waals surface area contributed by atoms with E-state index in [0.717, 1.165) is 5.33 Å². The summed E-state index contributed by atoms with van der Waals surface area (Å²) in [4.78, 5) is 7.69. The number of allylic oxidation sites excluding steroid dienone is 1. The second-order valence-corrected chi connectivity index (χ2v) is 2.50. The van der Waals surface area contributed by atoms with E-state index in [-0.39, 0.29) is 5.75 Å². The first-order chi connectivity index (χ1) is 5.33. The fourth-order valence-corrected chi connectivity index (χ4v) is 0.754. The van der Waals surface area contributed by atoms with Crippen LogP contribution in [0.3, 0.4) is 0 Å². The van der Waals surface area contributed by atoms with Crippen molar-refractivity contribution in [3.8, 4) is 5.75 Å². The van der Waals surface area contributed by atoms with E-state index < -0.39 is 0 Å². The molecule has 58 valence electrons. The first-order valence-corrected chi connectivity index (χ1v) is 4.18. The van der Waals surface area contributed by atoms with Gasteiger partial charge in [0.2, 0.25) is 0 Å². The van der Waals surface area contributed by atoms with Crippen LogP contribution in [0.2, 0.25) is 0 Å². The number of alkyl halides is 1. The highest BCUT2D eigenvalue weighted by molar-refractivity contribution is 9.09. The summed E-state index contributed by atoms with van der Waals surface area (Å²) >= 11 is 3.23. The molecule has 0 aliphatic rings. The minimum atomic E-state index is 0.0843. The lowest BCUT2D eigenvalue weighted by atomic mass is 10.5. The maximum absolute atomic E-state index is 8.82. The largest absolute Gasteiger partial charge is 0.505 e. The van der Waals surface area contributed by atoms with Gasteiger partial charge in [-0.05, 0) is 6.08 Å². The second kappa shape index (κ2) is 4.08. The van der Waals surface area contributed by atoms with Crippen LogP contribution >= 0.6 is 15.9 Å². The van der Waals surface area contributed by atoms with Gasteiger partial charge in [0.15, 0.2) is 11.6 Å². The second-order valence-electron chi connectivity index (χ2n) is 1.86. The summed E-state index contributed by atoms with van der Waals surface area (Å²) in [6, 6.07) is 0. The van der Waals surface area contributed by atoms with Crippen molar-refractivity contribution < 1.29 is 5.11 Å². The van der Waals surface area contributed by atoms with E-state index in [4.69, 9.17) is 5.11 Å². The number of hydrogen-bond donors (Lipinski definition) is 1. The zero-order valence-electron chi connectivity index (χ0n) is 5.74. The third-order valence-electron chi connectivity index (χ3n) is 1.01. The van der Waals surface area contributed by atoms with Crippen molar-refractivity contribution in [3.63, 3.8) is 0 Å². The number of hydrogen-bond acceptors (Lipinski definition) is 3. The Morgan fingerprint density at radius 3 is 2.64 bits per heavy atom. The number of rotatable bonds is 2. The molecule has 0 spiro atoms. The Bertz CT molecular complexity index is 245. The van der Waals surface area contributed by atoms with Gasteiger partial charge in [-0.2, -0.15) is 0 Å². The molecular weight excluding hydrogens is 208 g/mol. The molecular formula is C7H7BrN2O. The molecule has 0 saturated carbocycles. The third kappa shape index (κ3) is 2.67. The van der Waals surface area contributed by atoms with E-state index in [1.54, 1.807) is 6.08 Å². The van der Waals surface area contributed by atoms with Crippen molar-refractivity contribution in [1.29, 1.82) is 0 Å². The molecule has 1 aromatic rings. The Morgan fingerprint density at radius 2 is 2.09 bits per heavy atom. The molecule has 0 aliphatic heterocycles. The van der Waals surface area contributed by atoms with Crippen LogP contribution in [0, 0.1) is 0 Å². The van der Waals surface area contributed by atoms with Gasteiger partial charge in [0.25, 0.3) is 0 Å². The average molecular weight is 215 g/mol. The lowest BCUT2D eigenvalue weighted by molar-refractivity contribution is 0.469. The zero-order valence-corrected chi connectivity index (χ0v) is 7.32. The lowest BCUT2D eigenvalue weighted by Gasteiger charge is -1.90. The minimum Gasteiger partial charge on any atom is -0.505 e. The molecule has 1 aromatic heterocycles. The summed E-state index contributed by atoms with van der Waals surface area (Å²) in [6.45, 7) is 0. The topological polar surface area (TPSA) is 46.0 Å². The molecule has 0 aliphatic carbocycles. The number of halogens is 1. The van der Waals surface area contributed by atoms with Crippen molar-refractivity contribution in [2.24, 2.45) is 0 Å². The maximum atomic E-state index is 8.82. The Hall–Kier alpha value is -0.900. The molecule has 0 radical (unpaired) electrons. The van der Waals surface area contributed by atoms with Gasteiger partial charge in [0, 0.05) is 5.33 Å². The van der Waals surface area contributed by atoms with E-state index in [2.05, 4.69) is 25.9 Å². The van der Waals surface area contributed by atoms with Crippen LogP contribution in [-0.4, -0.2) is 20.4 Å². The fourth-order valence-electron chi connectivity index (χ4n) is 0.567. The summed E-state index contributed by atoms with van der Waals surface area (Å²) in [7, 11) is 0. The molecule has 0 amide bonds. The SMILES string of the molecule is Oc1cnc(C=CCBr)nc1. The maximum Gasteiger partial charge on any atom is 0.152 e. The van der Waals surface area contributed by atoms with Crippen LogP contribution in [0.15, 0.2) is 18.5 Å². The molecule has 0 unspecified atom stereocenters. The highest BCUT2D eigenvalue weighted by Crippen LogP contribution is 2.02. The summed E-state index contributed by atoms with van der Waals surface area (Å²) in [5, 5.41) is 9.60. The van der Waals surface area contributed by atoms with Crippen LogP contribution < -0.4 is 0 Å². The van der Waals surface area contributed by atoms with E-state index in [0.29, 0.717) is 5.82 Å². The van der Waals surface area contributed by atoms with Gasteiger partial charge >= 0.3 is 0 Å². The molecule has 0 fully saturated rings. The van der Waals surface area contributed by atoms with Crippen molar-refractivity contribution in [1.82, 2.24) is 9.97 Å². The van der Waals surface area contributed by atoms with Gasteiger partial charge < -0.3 is 5.11 Å². The van der Waals surface area contributed by atoms with Crippen molar-refractivity contribution in [2.75, 3.05) is 5.33 Å². The van der Waals surface area contributed by atoms with Crippen molar-refractivity contribution in [3.05, 3.63) is 24.3 Å². The molecule has 0 atom stereocenters. The van der Waals surface area contributed by atoms with Gasteiger partial charge in [-0.25, -0.2) is 9.97 Å². The van der Waals surface area contributed by atoms with E-state index in [1.165, 1.54) is 12.4 Å². The Balaban J connectivity index is 2.73. The molecule has 0 aromatic carbocycles. The summed E-state index contributed by atoms with van der Waals surface area (Å²) < 4.78 is 0. The van der Waals surface area contributed by atoms with Crippen molar-refractivity contribution >= 4 is 22.0 Å². The first kappa shape index (κ1) is 8.20. The average Bonchev–Trinajstić information content (AvgIpc) is 2.04. The number of aromatic nitrogens is 2. The van der Waals surface area contributed by atoms with Crippen LogP contribution in [-0.2, 0) is 0 Å². The lowest BCUT2D eigenvalue weighted by Crippen LogP contribution is -1.83. The molecule has 1 N–H and O–H groups in total. The minimum absolute atomic E-state index is 0.0843. The summed E-state index contributed by atoms with van der Waals surface area (Å²) in [5.74, 6) is 0.684. The number of aromatic hydroxyl groups is 1. The van der Waals surface area contributed by atoms with Gasteiger partial charge in [-0.3, -0.25) is 0 Å². The highest BCUT2D eigenvalue weighted by Gasteiger charge is 1.89. The standard InChI is InChI=1S/C7H7BrN2O/c8-3-1-2-7-9-4-6(11)5-10-7/h1-2,4-5,11H,3H2. The summed E-state index contributed by atoms with van der Waals surface area (Å²) in [5.41, 5.74) is 0. The molecule has 0 saturated heterocycles. The molecule has 1 heterocycles. The van der Waals surface area contributed by atoms with Crippen molar-refractivity contribution in [2.45, 2.75) is 0 Å².